The molecule has 0 unspecified atom stereocenters. The number of sulfone groups is 4. The van der Waals surface area contributed by atoms with Gasteiger partial charge in [0.05, 0.1) is 69.5 Å². The molecule has 3 aliphatic rings. The summed E-state index contributed by atoms with van der Waals surface area (Å²) in [6, 6.07) is 57.3. The number of oxazole rings is 1. The summed E-state index contributed by atoms with van der Waals surface area (Å²) in [6.07, 6.45) is 21.2. The standard InChI is InChI=1S/2C24H32O3S.C23H30O3S.C21H23NO3S/c1-17(2)28(25,26)16-22-10-6-20(7-11-22)12-14-23-13-5-18(3)24(19(23)4)27-15-21-8-9-21;1-18(2)28(25,26)17-21-10-8-20(9-11-21)12-13-22-14-15-24(16-19(22)3)27-23-6-4-5-7-23;1-17(2)27(24,25)16-21-8-4-19(5-9-21)10-11-22-12-13-23(14-18(22)3)26-15-20-6-7-20;1-16(2)26(23,24)14-19-7-5-17(6-8-19)3-4-18-9-11-20(12-10-18)21-13-22-15-25-21/h5-7,10-11,13,17,21H,8-9,12,14-16H2,1-4H3;8-11,14-16,18,23H,4-7,12-13,17H2,1-3H3;4-5,8-9,12-14,17,20H,6-7,10-11,15-16H2,1-3H3;5-13,15-16H,3-4,14H2,1-2H3. The molecule has 1 heterocycles. The molecule has 17 heteroatoms. The average Bonchev–Trinajstić information content (AvgIpc) is 1.04. The molecule has 0 N–H and O–H groups in total. The third-order valence-electron chi connectivity index (χ3n) is 21.1. The Hall–Kier alpha value is -7.83. The molecular weight excluding hydrogens is 1440 g/mol. The first-order chi connectivity index (χ1) is 51.9. The molecule has 0 radical (unpaired) electrons. The van der Waals surface area contributed by atoms with Crippen molar-refractivity contribution in [2.24, 2.45) is 11.8 Å². The molecule has 9 aromatic rings. The number of aryl methyl sites for hydroxylation is 11. The molecule has 0 amide bonds. The van der Waals surface area contributed by atoms with Gasteiger partial charge in [-0.2, -0.15) is 0 Å². The monoisotopic (exact) mass is 1560 g/mol. The fourth-order valence-corrected chi connectivity index (χ4v) is 16.7. The van der Waals surface area contributed by atoms with Gasteiger partial charge in [-0.1, -0.05) is 146 Å². The first kappa shape index (κ1) is 85.2. The molecule has 13 nitrogen and oxygen atoms in total. The van der Waals surface area contributed by atoms with E-state index in [1.54, 1.807) is 61.6 Å². The second-order valence-corrected chi connectivity index (χ2v) is 41.7. The largest absolute Gasteiger partial charge is 0.493 e. The van der Waals surface area contributed by atoms with E-state index in [1.807, 2.05) is 84.9 Å². The summed E-state index contributed by atoms with van der Waals surface area (Å²) in [7, 11) is -12.2. The summed E-state index contributed by atoms with van der Waals surface area (Å²) in [4.78, 5) is 3.93. The van der Waals surface area contributed by atoms with Crippen LogP contribution in [0.3, 0.4) is 0 Å². The van der Waals surface area contributed by atoms with Gasteiger partial charge in [-0.15, -0.1) is 0 Å². The molecule has 12 rings (SSSR count). The number of benzene rings is 8. The third-order valence-corrected chi connectivity index (χ3v) is 29.8. The Labute approximate surface area is 653 Å². The summed E-state index contributed by atoms with van der Waals surface area (Å²) in [5, 5.41) is -1.36. The summed E-state index contributed by atoms with van der Waals surface area (Å²) in [6.45, 7) is 24.1. The molecule has 0 atom stereocenters. The lowest BCUT2D eigenvalue weighted by molar-refractivity contribution is 0.210. The van der Waals surface area contributed by atoms with Gasteiger partial charge in [-0.3, -0.25) is 0 Å². The minimum absolute atomic E-state index is 0.105. The van der Waals surface area contributed by atoms with Crippen molar-refractivity contribution in [2.75, 3.05) is 13.2 Å². The smallest absolute Gasteiger partial charge is 0.181 e. The van der Waals surface area contributed by atoms with Crippen LogP contribution in [0.25, 0.3) is 11.3 Å². The fourth-order valence-electron chi connectivity index (χ4n) is 12.7. The summed E-state index contributed by atoms with van der Waals surface area (Å²) in [5.74, 6) is 5.75. The Kier molecular flexibility index (Phi) is 31.2. The van der Waals surface area contributed by atoms with E-state index in [4.69, 9.17) is 18.6 Å². The molecule has 8 aromatic carbocycles. The van der Waals surface area contributed by atoms with Crippen LogP contribution in [0.4, 0.5) is 0 Å². The predicted molar refractivity (Wildman–Crippen MR) is 446 cm³/mol. The molecule has 0 bridgehead atoms. The maximum absolute atomic E-state index is 12.1. The van der Waals surface area contributed by atoms with Crippen LogP contribution in [0.1, 0.15) is 196 Å². The van der Waals surface area contributed by atoms with Gasteiger partial charge >= 0.3 is 0 Å². The van der Waals surface area contributed by atoms with Gasteiger partial charge < -0.3 is 18.6 Å². The highest BCUT2D eigenvalue weighted by Gasteiger charge is 2.25. The topological polar surface area (TPSA) is 190 Å². The maximum Gasteiger partial charge on any atom is 0.181 e. The summed E-state index contributed by atoms with van der Waals surface area (Å²) >= 11 is 0. The van der Waals surface area contributed by atoms with E-state index in [1.165, 1.54) is 125 Å². The predicted octanol–water partition coefficient (Wildman–Crippen LogP) is 20.0. The van der Waals surface area contributed by atoms with Crippen LogP contribution >= 0.6 is 0 Å². The highest BCUT2D eigenvalue weighted by atomic mass is 32.2. The Morgan fingerprint density at radius 3 is 1.06 bits per heavy atom. The van der Waals surface area contributed by atoms with Gasteiger partial charge in [0.15, 0.2) is 51.5 Å². The quantitative estimate of drug-likeness (QED) is 0.0378. The second-order valence-electron chi connectivity index (χ2n) is 31.5. The van der Waals surface area contributed by atoms with Crippen LogP contribution < -0.4 is 14.2 Å². The van der Waals surface area contributed by atoms with E-state index >= 15 is 0 Å². The normalized spacial score (nSPS) is 14.1. The number of ether oxygens (including phenoxy) is 3. The molecular formula is C92H117NO12S4. The van der Waals surface area contributed by atoms with Crippen molar-refractivity contribution in [2.45, 2.75) is 236 Å². The van der Waals surface area contributed by atoms with Gasteiger partial charge in [-0.05, 0) is 311 Å². The van der Waals surface area contributed by atoms with E-state index < -0.39 is 39.3 Å². The molecule has 0 aliphatic heterocycles. The van der Waals surface area contributed by atoms with Gasteiger partial charge in [0, 0.05) is 5.56 Å². The molecule has 3 saturated carbocycles. The maximum atomic E-state index is 12.1. The van der Waals surface area contributed by atoms with Crippen molar-refractivity contribution in [3.63, 3.8) is 0 Å². The lowest BCUT2D eigenvalue weighted by Gasteiger charge is -2.15. The SMILES string of the molecule is CC(C)S(=O)(=O)Cc1ccc(CCc2ccc(-c3cnco3)cc2)cc1.Cc1cc(OC2CCCC2)ccc1CCc1ccc(CS(=O)(=O)C(C)C)cc1.Cc1cc(OCC2CC2)ccc1CCc1ccc(CS(=O)(=O)C(C)C)cc1.Cc1ccc(CCc2ccc(CS(=O)(=O)C(C)C)cc2)c(C)c1OCC1CC1. The second kappa shape index (κ2) is 39.9. The van der Waals surface area contributed by atoms with Gasteiger partial charge in [0.1, 0.15) is 17.2 Å². The van der Waals surface area contributed by atoms with Crippen LogP contribution in [0.5, 0.6) is 17.2 Å². The highest BCUT2D eigenvalue weighted by Crippen LogP contribution is 2.34. The van der Waals surface area contributed by atoms with Gasteiger partial charge in [0.2, 0.25) is 0 Å². The van der Waals surface area contributed by atoms with Crippen LogP contribution in [0.15, 0.2) is 187 Å². The van der Waals surface area contributed by atoms with Crippen molar-refractivity contribution in [3.8, 4) is 28.6 Å². The van der Waals surface area contributed by atoms with Crippen molar-refractivity contribution in [1.82, 2.24) is 4.98 Å². The van der Waals surface area contributed by atoms with Crippen molar-refractivity contribution in [1.29, 1.82) is 0 Å². The molecule has 0 saturated heterocycles. The molecule has 109 heavy (non-hydrogen) atoms. The van der Waals surface area contributed by atoms with Crippen molar-refractivity contribution in [3.05, 3.63) is 271 Å². The van der Waals surface area contributed by atoms with E-state index in [-0.39, 0.29) is 44.0 Å². The number of nitrogens with zero attached hydrogens (tertiary/aromatic N) is 1. The Morgan fingerprint density at radius 2 is 0.697 bits per heavy atom. The minimum Gasteiger partial charge on any atom is -0.493 e. The van der Waals surface area contributed by atoms with Gasteiger partial charge in [-0.25, -0.2) is 38.7 Å². The fraction of sp³-hybridized carbons (Fsp3) is 0.446. The van der Waals surface area contributed by atoms with E-state index in [0.29, 0.717) is 6.10 Å². The Morgan fingerprint density at radius 1 is 0.367 bits per heavy atom. The van der Waals surface area contributed by atoms with Crippen LogP contribution in [0.2, 0.25) is 0 Å². The minimum atomic E-state index is -3.06. The summed E-state index contributed by atoms with van der Waals surface area (Å²) < 4.78 is 120. The lowest BCUT2D eigenvalue weighted by atomic mass is 9.97. The Bertz CT molecular complexity index is 4810. The van der Waals surface area contributed by atoms with Crippen LogP contribution in [0, 0.1) is 39.5 Å². The van der Waals surface area contributed by atoms with Crippen molar-refractivity contribution < 1.29 is 52.3 Å². The molecule has 3 aliphatic carbocycles. The van der Waals surface area contributed by atoms with E-state index in [2.05, 4.69) is 118 Å². The number of hydrogen-bond acceptors (Lipinski definition) is 13. The average molecular weight is 1560 g/mol. The van der Waals surface area contributed by atoms with Gasteiger partial charge in [0.25, 0.3) is 0 Å². The zero-order valence-electron chi connectivity index (χ0n) is 66.4. The zero-order valence-corrected chi connectivity index (χ0v) is 69.7. The van der Waals surface area contributed by atoms with Crippen LogP contribution in [-0.2, 0) is 114 Å². The van der Waals surface area contributed by atoms with E-state index in [9.17, 15) is 33.7 Å². The van der Waals surface area contributed by atoms with Crippen molar-refractivity contribution >= 4 is 39.3 Å². The molecule has 1 aromatic heterocycles. The highest BCUT2D eigenvalue weighted by molar-refractivity contribution is 7.92. The molecule has 0 spiro atoms. The zero-order chi connectivity index (χ0) is 78.5. The Balaban J connectivity index is 0.000000168. The van der Waals surface area contributed by atoms with Crippen LogP contribution in [-0.4, -0.2) is 79.0 Å². The molecule has 586 valence electrons. The lowest BCUT2D eigenvalue weighted by Crippen LogP contribution is -2.15. The third kappa shape index (κ3) is 27.6. The summed E-state index contributed by atoms with van der Waals surface area (Å²) in [5.41, 5.74) is 19.6. The first-order valence-electron chi connectivity index (χ1n) is 39.2. The number of hydrogen-bond donors (Lipinski definition) is 0. The number of rotatable bonds is 33. The molecule has 3 fully saturated rings. The first-order valence-corrected chi connectivity index (χ1v) is 46.1. The van der Waals surface area contributed by atoms with E-state index in [0.717, 1.165) is 127 Å². The number of aromatic nitrogens is 1.